The van der Waals surface area contributed by atoms with Crippen LogP contribution < -0.4 is 10.6 Å². The van der Waals surface area contributed by atoms with Crippen LogP contribution in [0.25, 0.3) is 5.65 Å². The third kappa shape index (κ3) is 3.69. The second-order valence-electron chi connectivity index (χ2n) is 4.84. The Morgan fingerprint density at radius 3 is 3.00 bits per heavy atom. The second-order valence-corrected chi connectivity index (χ2v) is 6.32. The van der Waals surface area contributed by atoms with Crippen LogP contribution in [0.2, 0.25) is 0 Å². The number of hydrogen-bond donors (Lipinski definition) is 2. The van der Waals surface area contributed by atoms with Crippen LogP contribution in [0.15, 0.2) is 18.6 Å². The van der Waals surface area contributed by atoms with Crippen LogP contribution in [0.4, 0.5) is 11.6 Å². The fraction of sp³-hybridized carbons (Fsp3) is 0.538. The van der Waals surface area contributed by atoms with Crippen molar-refractivity contribution in [1.82, 2.24) is 14.4 Å². The first kappa shape index (κ1) is 14.8. The van der Waals surface area contributed by atoms with Crippen molar-refractivity contribution in [3.8, 4) is 0 Å². The lowest BCUT2D eigenvalue weighted by Gasteiger charge is -2.15. The molecule has 0 amide bonds. The first-order chi connectivity index (χ1) is 9.60. The topological polar surface area (TPSA) is 71.3 Å². The Bertz CT molecular complexity index is 597. The van der Waals surface area contributed by atoms with Gasteiger partial charge < -0.3 is 15.0 Å². The van der Waals surface area contributed by atoms with Crippen LogP contribution in [0.5, 0.6) is 0 Å². The van der Waals surface area contributed by atoms with Crippen molar-refractivity contribution < 1.29 is 4.21 Å². The van der Waals surface area contributed by atoms with Gasteiger partial charge in [-0.1, -0.05) is 6.92 Å². The molecule has 6 nitrogen and oxygen atoms in total. The summed E-state index contributed by atoms with van der Waals surface area (Å²) >= 11 is 0. The zero-order chi connectivity index (χ0) is 14.5. The Morgan fingerprint density at radius 1 is 1.50 bits per heavy atom. The molecule has 2 N–H and O–H groups in total. The predicted octanol–water partition coefficient (Wildman–Crippen LogP) is 1.73. The minimum Gasteiger partial charge on any atom is -0.369 e. The fourth-order valence-electron chi connectivity index (χ4n) is 1.99. The van der Waals surface area contributed by atoms with Gasteiger partial charge in [0, 0.05) is 47.8 Å². The molecule has 0 aliphatic heterocycles. The van der Waals surface area contributed by atoms with E-state index in [2.05, 4.69) is 27.5 Å². The monoisotopic (exact) mass is 295 g/mol. The molecule has 2 atom stereocenters. The minimum atomic E-state index is -0.837. The van der Waals surface area contributed by atoms with Gasteiger partial charge in [0.15, 0.2) is 11.5 Å². The molecule has 2 aromatic rings. The largest absolute Gasteiger partial charge is 0.369 e. The van der Waals surface area contributed by atoms with Gasteiger partial charge in [-0.15, -0.1) is 0 Å². The molecule has 0 bridgehead atoms. The summed E-state index contributed by atoms with van der Waals surface area (Å²) < 4.78 is 13.2. The Morgan fingerprint density at radius 2 is 2.30 bits per heavy atom. The van der Waals surface area contributed by atoms with Gasteiger partial charge in [-0.25, -0.2) is 9.97 Å². The smallest absolute Gasteiger partial charge is 0.180 e. The Balaban J connectivity index is 2.25. The normalized spacial score (nSPS) is 14.2. The molecule has 20 heavy (non-hydrogen) atoms. The van der Waals surface area contributed by atoms with Crippen LogP contribution in [0.3, 0.4) is 0 Å². The lowest BCUT2D eigenvalue weighted by Crippen LogP contribution is -2.23. The molecule has 0 saturated heterocycles. The van der Waals surface area contributed by atoms with E-state index in [4.69, 9.17) is 0 Å². The summed E-state index contributed by atoms with van der Waals surface area (Å²) in [6.45, 7) is 4.98. The van der Waals surface area contributed by atoms with Gasteiger partial charge in [0.05, 0.1) is 6.20 Å². The molecule has 2 unspecified atom stereocenters. The number of rotatable bonds is 7. The third-order valence-electron chi connectivity index (χ3n) is 2.80. The zero-order valence-electron chi connectivity index (χ0n) is 12.1. The molecule has 110 valence electrons. The van der Waals surface area contributed by atoms with Crippen molar-refractivity contribution in [3.05, 3.63) is 18.6 Å². The Labute approximate surface area is 121 Å². The number of nitrogens with one attached hydrogen (secondary N) is 2. The van der Waals surface area contributed by atoms with Crippen LogP contribution in [-0.4, -0.2) is 43.2 Å². The third-order valence-corrected chi connectivity index (χ3v) is 3.77. The standard InChI is InChI=1S/C13H21N5OS/c1-4-5-14-11-8-18-7-6-15-13(18)12(17-11)16-10(2)9-20(3)19/h6-8,10,14H,4-5,9H2,1-3H3,(H,16,17). The summed E-state index contributed by atoms with van der Waals surface area (Å²) in [5.41, 5.74) is 0.779. The predicted molar refractivity (Wildman–Crippen MR) is 83.8 cm³/mol. The van der Waals surface area contributed by atoms with E-state index in [1.165, 1.54) is 0 Å². The Kier molecular flexibility index (Phi) is 4.94. The SMILES string of the molecule is CCCNc1cn2ccnc2c(NC(C)CS(C)=O)n1. The molecule has 0 fully saturated rings. The molecule has 0 aliphatic rings. The summed E-state index contributed by atoms with van der Waals surface area (Å²) in [5.74, 6) is 2.11. The number of aromatic nitrogens is 3. The summed E-state index contributed by atoms with van der Waals surface area (Å²) in [6.07, 6.45) is 8.30. The van der Waals surface area contributed by atoms with E-state index in [1.807, 2.05) is 23.7 Å². The van der Waals surface area contributed by atoms with Gasteiger partial charge in [-0.3, -0.25) is 4.21 Å². The summed E-state index contributed by atoms with van der Waals surface area (Å²) in [7, 11) is -0.837. The molecule has 2 heterocycles. The number of nitrogens with zero attached hydrogens (tertiary/aromatic N) is 3. The zero-order valence-corrected chi connectivity index (χ0v) is 12.9. The van der Waals surface area contributed by atoms with Gasteiger partial charge in [-0.2, -0.15) is 0 Å². The molecule has 2 rings (SSSR count). The molecule has 7 heteroatoms. The highest BCUT2D eigenvalue weighted by Crippen LogP contribution is 2.17. The maximum absolute atomic E-state index is 11.3. The van der Waals surface area contributed by atoms with Crippen molar-refractivity contribution in [3.63, 3.8) is 0 Å². The van der Waals surface area contributed by atoms with E-state index >= 15 is 0 Å². The number of imidazole rings is 1. The van der Waals surface area contributed by atoms with E-state index in [0.29, 0.717) is 11.6 Å². The Hall–Kier alpha value is -1.63. The maximum atomic E-state index is 11.3. The lowest BCUT2D eigenvalue weighted by atomic mass is 10.4. The van der Waals surface area contributed by atoms with E-state index in [0.717, 1.165) is 24.4 Å². The fourth-order valence-corrected chi connectivity index (χ4v) is 2.78. The van der Waals surface area contributed by atoms with Crippen molar-refractivity contribution in [1.29, 1.82) is 0 Å². The summed E-state index contributed by atoms with van der Waals surface area (Å²) in [4.78, 5) is 8.86. The van der Waals surface area contributed by atoms with Crippen LogP contribution in [0.1, 0.15) is 20.3 Å². The first-order valence-corrected chi connectivity index (χ1v) is 8.47. The minimum absolute atomic E-state index is 0.0789. The van der Waals surface area contributed by atoms with Crippen molar-refractivity contribution >= 4 is 28.1 Å². The molecule has 0 saturated carbocycles. The van der Waals surface area contributed by atoms with Gasteiger partial charge in [-0.05, 0) is 13.3 Å². The quantitative estimate of drug-likeness (QED) is 0.814. The molecule has 0 radical (unpaired) electrons. The molecular weight excluding hydrogens is 274 g/mol. The van der Waals surface area contributed by atoms with Gasteiger partial charge in [0.2, 0.25) is 0 Å². The van der Waals surface area contributed by atoms with Crippen LogP contribution in [0, 0.1) is 0 Å². The van der Waals surface area contributed by atoms with E-state index in [1.54, 1.807) is 12.5 Å². The highest BCUT2D eigenvalue weighted by Gasteiger charge is 2.11. The molecule has 0 aliphatic carbocycles. The average Bonchev–Trinajstić information content (AvgIpc) is 2.83. The first-order valence-electron chi connectivity index (χ1n) is 6.74. The molecule has 0 spiro atoms. The summed E-state index contributed by atoms with van der Waals surface area (Å²) in [5, 5.41) is 6.56. The van der Waals surface area contributed by atoms with Crippen molar-refractivity contribution in [2.45, 2.75) is 26.3 Å². The van der Waals surface area contributed by atoms with E-state index in [-0.39, 0.29) is 6.04 Å². The van der Waals surface area contributed by atoms with E-state index < -0.39 is 10.8 Å². The molecular formula is C13H21N5OS. The van der Waals surface area contributed by atoms with Gasteiger partial charge >= 0.3 is 0 Å². The number of anilines is 2. The highest BCUT2D eigenvalue weighted by molar-refractivity contribution is 7.84. The second kappa shape index (κ2) is 6.69. The average molecular weight is 295 g/mol. The molecule has 0 aromatic carbocycles. The van der Waals surface area contributed by atoms with E-state index in [9.17, 15) is 4.21 Å². The maximum Gasteiger partial charge on any atom is 0.180 e. The van der Waals surface area contributed by atoms with Crippen molar-refractivity contribution in [2.24, 2.45) is 0 Å². The van der Waals surface area contributed by atoms with Crippen molar-refractivity contribution in [2.75, 3.05) is 29.2 Å². The van der Waals surface area contributed by atoms with Crippen LogP contribution in [-0.2, 0) is 10.8 Å². The highest BCUT2D eigenvalue weighted by atomic mass is 32.2. The van der Waals surface area contributed by atoms with Crippen LogP contribution >= 0.6 is 0 Å². The summed E-state index contributed by atoms with van der Waals surface area (Å²) in [6, 6.07) is 0.0789. The van der Waals surface area contributed by atoms with Gasteiger partial charge in [0.25, 0.3) is 0 Å². The molecule has 2 aromatic heterocycles. The number of fused-ring (bicyclic) bond motifs is 1. The van der Waals surface area contributed by atoms with Gasteiger partial charge in [0.1, 0.15) is 5.82 Å². The number of hydrogen-bond acceptors (Lipinski definition) is 5. The lowest BCUT2D eigenvalue weighted by molar-refractivity contribution is 0.683.